The normalized spacial score (nSPS) is 12.2. The minimum Gasteiger partial charge on any atom is -0.339 e. The van der Waals surface area contributed by atoms with Gasteiger partial charge in [0.2, 0.25) is 9.70 Å². The van der Waals surface area contributed by atoms with E-state index in [2.05, 4.69) is 16.0 Å². The molecule has 0 aliphatic heterocycles. The van der Waals surface area contributed by atoms with Crippen LogP contribution in [-0.2, 0) is 4.79 Å². The monoisotopic (exact) mass is 559 g/mol. The van der Waals surface area contributed by atoms with E-state index in [1.54, 1.807) is 18.2 Å². The first-order valence-corrected chi connectivity index (χ1v) is 11.9. The largest absolute Gasteiger partial charge is 0.339 e. The number of carbonyl (C=O) groups excluding carboxylic acids is 1. The van der Waals surface area contributed by atoms with Gasteiger partial charge in [-0.25, -0.2) is 0 Å². The number of thiocarbonyl (C=S) groups is 1. The predicted molar refractivity (Wildman–Crippen MR) is 143 cm³/mol. The number of rotatable bonds is 6. The Morgan fingerprint density at radius 3 is 1.88 bits per heavy atom. The van der Waals surface area contributed by atoms with Gasteiger partial charge in [0.15, 0.2) is 5.11 Å². The number of hydrogen-bond acceptors (Lipinski definition) is 2. The van der Waals surface area contributed by atoms with Crippen molar-refractivity contribution in [1.29, 1.82) is 0 Å². The third-order valence-electron chi connectivity index (χ3n) is 4.59. The molecule has 33 heavy (non-hydrogen) atoms. The highest BCUT2D eigenvalue weighted by Gasteiger charge is 2.36. The minimum absolute atomic E-state index is 0.0757. The molecule has 0 heterocycles. The quantitative estimate of drug-likeness (QED) is 0.174. The predicted octanol–water partition coefficient (Wildman–Crippen LogP) is 6.92. The Bertz CT molecular complexity index is 1070. The maximum Gasteiger partial charge on any atom is 0.233 e. The summed E-state index contributed by atoms with van der Waals surface area (Å²) < 4.78 is -1.92. The fourth-order valence-corrected chi connectivity index (χ4v) is 3.99. The van der Waals surface area contributed by atoms with E-state index in [4.69, 9.17) is 70.2 Å². The zero-order valence-electron chi connectivity index (χ0n) is 16.9. The standard InChI is InChI=1S/C23H18Cl5N3OS/c24-16-11-12-17(25)18(13-16)29-22(33)31-21(23(26,27)28)30-20(32)19(14-7-3-1-4-8-14)15-9-5-2-6-10-15/h1-13,19,21H,(H,30,32)(H2,29,31,33)/t21-/m1/s1. The van der Waals surface area contributed by atoms with E-state index in [-0.39, 0.29) is 11.0 Å². The summed E-state index contributed by atoms with van der Waals surface area (Å²) in [6, 6.07) is 23.5. The van der Waals surface area contributed by atoms with E-state index in [0.717, 1.165) is 11.1 Å². The van der Waals surface area contributed by atoms with E-state index in [0.29, 0.717) is 15.7 Å². The van der Waals surface area contributed by atoms with Gasteiger partial charge >= 0.3 is 0 Å². The first-order chi connectivity index (χ1) is 15.6. The van der Waals surface area contributed by atoms with Gasteiger partial charge in [0.25, 0.3) is 0 Å². The minimum atomic E-state index is -1.92. The highest BCUT2D eigenvalue weighted by molar-refractivity contribution is 7.80. The summed E-state index contributed by atoms with van der Waals surface area (Å²) in [4.78, 5) is 13.4. The Hall–Kier alpha value is -1.73. The van der Waals surface area contributed by atoms with Crippen LogP contribution >= 0.6 is 70.2 Å². The van der Waals surface area contributed by atoms with Crippen LogP contribution in [-0.4, -0.2) is 21.0 Å². The molecule has 172 valence electrons. The fraction of sp³-hybridized carbons (Fsp3) is 0.130. The van der Waals surface area contributed by atoms with Crippen LogP contribution in [0.25, 0.3) is 0 Å². The van der Waals surface area contributed by atoms with E-state index in [1.807, 2.05) is 60.7 Å². The van der Waals surface area contributed by atoms with Crippen LogP contribution < -0.4 is 16.0 Å². The zero-order chi connectivity index (χ0) is 24.0. The molecule has 0 saturated carbocycles. The molecule has 0 aromatic heterocycles. The molecule has 1 amide bonds. The third-order valence-corrected chi connectivity index (χ3v) is 6.03. The van der Waals surface area contributed by atoms with Crippen molar-refractivity contribution < 1.29 is 4.79 Å². The van der Waals surface area contributed by atoms with Gasteiger partial charge in [0.05, 0.1) is 16.6 Å². The van der Waals surface area contributed by atoms with E-state index in [1.165, 1.54) is 0 Å². The zero-order valence-corrected chi connectivity index (χ0v) is 21.5. The topological polar surface area (TPSA) is 53.2 Å². The molecule has 3 aromatic rings. The average molecular weight is 562 g/mol. The molecule has 0 bridgehead atoms. The first kappa shape index (κ1) is 25.9. The number of hydrogen-bond donors (Lipinski definition) is 3. The van der Waals surface area contributed by atoms with Crippen molar-refractivity contribution in [3.63, 3.8) is 0 Å². The van der Waals surface area contributed by atoms with Crippen LogP contribution in [0.3, 0.4) is 0 Å². The number of amides is 1. The Morgan fingerprint density at radius 1 is 0.818 bits per heavy atom. The Labute approximate surface area is 222 Å². The Balaban J connectivity index is 1.81. The van der Waals surface area contributed by atoms with E-state index >= 15 is 0 Å². The molecule has 4 nitrogen and oxygen atoms in total. The summed E-state index contributed by atoms with van der Waals surface area (Å²) in [7, 11) is 0. The second kappa shape index (κ2) is 11.6. The van der Waals surface area contributed by atoms with Crippen LogP contribution in [0.1, 0.15) is 17.0 Å². The number of halogens is 5. The van der Waals surface area contributed by atoms with Gasteiger partial charge in [0, 0.05) is 5.02 Å². The van der Waals surface area contributed by atoms with Gasteiger partial charge in [-0.2, -0.15) is 0 Å². The van der Waals surface area contributed by atoms with Gasteiger partial charge in [-0.15, -0.1) is 0 Å². The number of carbonyl (C=O) groups is 1. The molecule has 0 unspecified atom stereocenters. The highest BCUT2D eigenvalue weighted by atomic mass is 35.6. The van der Waals surface area contributed by atoms with Gasteiger partial charge < -0.3 is 16.0 Å². The van der Waals surface area contributed by atoms with Gasteiger partial charge in [-0.05, 0) is 41.5 Å². The van der Waals surface area contributed by atoms with Crippen LogP contribution in [0, 0.1) is 0 Å². The molecule has 3 aromatic carbocycles. The number of anilines is 1. The lowest BCUT2D eigenvalue weighted by atomic mass is 9.90. The first-order valence-electron chi connectivity index (χ1n) is 9.64. The average Bonchev–Trinajstić information content (AvgIpc) is 2.77. The SMILES string of the molecule is O=C(N[C@H](NC(=S)Nc1cc(Cl)ccc1Cl)C(Cl)(Cl)Cl)C(c1ccccc1)c1ccccc1. The van der Waals surface area contributed by atoms with Crippen molar-refractivity contribution in [3.8, 4) is 0 Å². The van der Waals surface area contributed by atoms with Crippen LogP contribution in [0.5, 0.6) is 0 Å². The molecule has 1 atom stereocenters. The van der Waals surface area contributed by atoms with Crippen molar-refractivity contribution in [2.24, 2.45) is 0 Å². The Kier molecular flexibility index (Phi) is 9.10. The van der Waals surface area contributed by atoms with Crippen molar-refractivity contribution >= 4 is 86.9 Å². The van der Waals surface area contributed by atoms with E-state index < -0.39 is 15.9 Å². The smallest absolute Gasteiger partial charge is 0.233 e. The lowest BCUT2D eigenvalue weighted by Crippen LogP contribution is -2.57. The van der Waals surface area contributed by atoms with Crippen LogP contribution in [0.2, 0.25) is 10.0 Å². The lowest BCUT2D eigenvalue weighted by Gasteiger charge is -2.30. The molecule has 0 radical (unpaired) electrons. The van der Waals surface area contributed by atoms with Gasteiger partial charge in [-0.1, -0.05) is 119 Å². The Morgan fingerprint density at radius 2 is 1.36 bits per heavy atom. The molecule has 10 heteroatoms. The van der Waals surface area contributed by atoms with Gasteiger partial charge in [0.1, 0.15) is 6.17 Å². The molecule has 3 rings (SSSR count). The number of benzene rings is 3. The van der Waals surface area contributed by atoms with Crippen LogP contribution in [0.15, 0.2) is 78.9 Å². The summed E-state index contributed by atoms with van der Waals surface area (Å²) >= 11 is 36.0. The summed E-state index contributed by atoms with van der Waals surface area (Å²) in [5.74, 6) is -1.01. The second-order valence-corrected chi connectivity index (χ2v) is 10.6. The fourth-order valence-electron chi connectivity index (χ4n) is 3.09. The summed E-state index contributed by atoms with van der Waals surface area (Å²) in [5, 5.41) is 9.42. The van der Waals surface area contributed by atoms with Crippen molar-refractivity contribution in [1.82, 2.24) is 10.6 Å². The molecule has 0 fully saturated rings. The molecular weight excluding hydrogens is 544 g/mol. The molecule has 0 saturated heterocycles. The molecule has 0 spiro atoms. The van der Waals surface area contributed by atoms with E-state index in [9.17, 15) is 4.79 Å². The molecular formula is C23H18Cl5N3OS. The molecule has 0 aliphatic carbocycles. The maximum absolute atomic E-state index is 13.4. The van der Waals surface area contributed by atoms with Crippen molar-refractivity contribution in [3.05, 3.63) is 100 Å². The summed E-state index contributed by atoms with van der Waals surface area (Å²) in [5.41, 5.74) is 2.04. The molecule has 0 aliphatic rings. The summed E-state index contributed by atoms with van der Waals surface area (Å²) in [6.07, 6.45) is -1.15. The second-order valence-electron chi connectivity index (χ2n) is 6.96. The van der Waals surface area contributed by atoms with Crippen molar-refractivity contribution in [2.75, 3.05) is 5.32 Å². The van der Waals surface area contributed by atoms with Gasteiger partial charge in [-0.3, -0.25) is 4.79 Å². The van der Waals surface area contributed by atoms with Crippen LogP contribution in [0.4, 0.5) is 5.69 Å². The number of alkyl halides is 3. The highest BCUT2D eigenvalue weighted by Crippen LogP contribution is 2.31. The third kappa shape index (κ3) is 7.38. The van der Waals surface area contributed by atoms with Crippen molar-refractivity contribution in [2.45, 2.75) is 15.9 Å². The molecule has 3 N–H and O–H groups in total. The number of nitrogens with one attached hydrogen (secondary N) is 3. The lowest BCUT2D eigenvalue weighted by molar-refractivity contribution is -0.122. The maximum atomic E-state index is 13.4. The summed E-state index contributed by atoms with van der Waals surface area (Å²) in [6.45, 7) is 0.